The van der Waals surface area contributed by atoms with E-state index in [9.17, 15) is 0 Å². The number of hydrogen-bond acceptors (Lipinski definition) is 3. The first-order chi connectivity index (χ1) is 14.7. The quantitative estimate of drug-likeness (QED) is 0.276. The number of methoxy groups -OCH3 is 2. The monoisotopic (exact) mass is 465 g/mol. The SMILES string of the molecule is COc1cc(OC)cc(-c2ccc(OCCCn3ccc4cc(Br)ccc43)cc2)c1. The van der Waals surface area contributed by atoms with E-state index in [2.05, 4.69) is 63.1 Å². The predicted octanol–water partition coefficient (Wildman–Crippen LogP) is 6.56. The van der Waals surface area contributed by atoms with Crippen molar-refractivity contribution in [2.24, 2.45) is 0 Å². The lowest BCUT2D eigenvalue weighted by atomic mass is 10.0. The van der Waals surface area contributed by atoms with E-state index in [0.717, 1.165) is 45.8 Å². The molecule has 0 N–H and O–H groups in total. The molecule has 0 spiro atoms. The Morgan fingerprint density at radius 2 is 1.50 bits per heavy atom. The van der Waals surface area contributed by atoms with E-state index in [1.807, 2.05) is 30.3 Å². The van der Waals surface area contributed by atoms with E-state index in [0.29, 0.717) is 6.61 Å². The third kappa shape index (κ3) is 4.62. The van der Waals surface area contributed by atoms with Crippen LogP contribution in [-0.4, -0.2) is 25.4 Å². The van der Waals surface area contributed by atoms with Crippen molar-refractivity contribution in [2.75, 3.05) is 20.8 Å². The molecular weight excluding hydrogens is 442 g/mol. The van der Waals surface area contributed by atoms with Gasteiger partial charge in [-0.3, -0.25) is 0 Å². The van der Waals surface area contributed by atoms with Crippen molar-refractivity contribution in [1.82, 2.24) is 4.57 Å². The molecule has 154 valence electrons. The zero-order valence-corrected chi connectivity index (χ0v) is 18.7. The number of ether oxygens (including phenoxy) is 3. The van der Waals surface area contributed by atoms with Gasteiger partial charge in [0.1, 0.15) is 17.2 Å². The van der Waals surface area contributed by atoms with Crippen molar-refractivity contribution in [3.05, 3.63) is 77.4 Å². The number of hydrogen-bond donors (Lipinski definition) is 0. The lowest BCUT2D eigenvalue weighted by Gasteiger charge is -2.11. The van der Waals surface area contributed by atoms with Gasteiger partial charge in [-0.25, -0.2) is 0 Å². The summed E-state index contributed by atoms with van der Waals surface area (Å²) in [6, 6.07) is 22.5. The van der Waals surface area contributed by atoms with Gasteiger partial charge in [0.25, 0.3) is 0 Å². The zero-order valence-electron chi connectivity index (χ0n) is 17.1. The van der Waals surface area contributed by atoms with Crippen molar-refractivity contribution in [1.29, 1.82) is 0 Å². The van der Waals surface area contributed by atoms with Crippen LogP contribution in [0, 0.1) is 0 Å². The Hall–Kier alpha value is -2.92. The third-order valence-electron chi connectivity index (χ3n) is 5.08. The van der Waals surface area contributed by atoms with Crippen LogP contribution in [0.1, 0.15) is 6.42 Å². The van der Waals surface area contributed by atoms with Gasteiger partial charge in [-0.15, -0.1) is 0 Å². The molecule has 0 aliphatic rings. The average molecular weight is 466 g/mol. The Balaban J connectivity index is 1.35. The van der Waals surface area contributed by atoms with Crippen molar-refractivity contribution in [3.8, 4) is 28.4 Å². The Labute approximate surface area is 185 Å². The molecule has 0 aliphatic carbocycles. The summed E-state index contributed by atoms with van der Waals surface area (Å²) in [7, 11) is 3.32. The molecule has 0 bridgehead atoms. The number of benzene rings is 3. The molecule has 1 aromatic heterocycles. The molecule has 4 nitrogen and oxygen atoms in total. The van der Waals surface area contributed by atoms with Gasteiger partial charge in [0.15, 0.2) is 0 Å². The second kappa shape index (κ2) is 9.26. The van der Waals surface area contributed by atoms with E-state index in [1.165, 1.54) is 10.9 Å². The minimum atomic E-state index is 0.669. The van der Waals surface area contributed by atoms with Crippen LogP contribution in [0.25, 0.3) is 22.0 Å². The van der Waals surface area contributed by atoms with Gasteiger partial charge >= 0.3 is 0 Å². The number of aromatic nitrogens is 1. The summed E-state index contributed by atoms with van der Waals surface area (Å²) in [4.78, 5) is 0. The summed E-state index contributed by atoms with van der Waals surface area (Å²) >= 11 is 3.52. The maximum Gasteiger partial charge on any atom is 0.123 e. The van der Waals surface area contributed by atoms with Crippen LogP contribution in [0.4, 0.5) is 0 Å². The Morgan fingerprint density at radius 1 is 0.767 bits per heavy atom. The third-order valence-corrected chi connectivity index (χ3v) is 5.58. The minimum absolute atomic E-state index is 0.669. The van der Waals surface area contributed by atoms with Gasteiger partial charge in [0, 0.05) is 34.2 Å². The van der Waals surface area contributed by atoms with E-state index >= 15 is 0 Å². The van der Waals surface area contributed by atoms with Gasteiger partial charge in [-0.2, -0.15) is 0 Å². The molecule has 0 aliphatic heterocycles. The highest BCUT2D eigenvalue weighted by molar-refractivity contribution is 9.10. The molecule has 0 radical (unpaired) electrons. The molecule has 0 amide bonds. The van der Waals surface area contributed by atoms with E-state index in [1.54, 1.807) is 14.2 Å². The largest absolute Gasteiger partial charge is 0.497 e. The van der Waals surface area contributed by atoms with Gasteiger partial charge in [-0.1, -0.05) is 28.1 Å². The number of fused-ring (bicyclic) bond motifs is 1. The molecule has 0 saturated carbocycles. The topological polar surface area (TPSA) is 32.6 Å². The van der Waals surface area contributed by atoms with Gasteiger partial charge in [0.05, 0.1) is 20.8 Å². The fourth-order valence-corrected chi connectivity index (χ4v) is 3.89. The zero-order chi connectivity index (χ0) is 20.9. The summed E-state index contributed by atoms with van der Waals surface area (Å²) in [6.07, 6.45) is 3.07. The molecule has 4 rings (SSSR count). The van der Waals surface area contributed by atoms with E-state index < -0.39 is 0 Å². The lowest BCUT2D eigenvalue weighted by molar-refractivity contribution is 0.302. The van der Waals surface area contributed by atoms with Crippen LogP contribution in [0.2, 0.25) is 0 Å². The van der Waals surface area contributed by atoms with Crippen LogP contribution in [0.15, 0.2) is 77.4 Å². The number of rotatable bonds is 8. The molecule has 1 heterocycles. The van der Waals surface area contributed by atoms with Crippen LogP contribution in [0.3, 0.4) is 0 Å². The van der Waals surface area contributed by atoms with Gasteiger partial charge < -0.3 is 18.8 Å². The Morgan fingerprint density at radius 3 is 2.20 bits per heavy atom. The highest BCUT2D eigenvalue weighted by Crippen LogP contribution is 2.30. The first-order valence-electron chi connectivity index (χ1n) is 9.87. The second-order valence-corrected chi connectivity index (χ2v) is 7.96. The van der Waals surface area contributed by atoms with Crippen LogP contribution in [-0.2, 0) is 6.54 Å². The van der Waals surface area contributed by atoms with Crippen molar-refractivity contribution in [2.45, 2.75) is 13.0 Å². The molecule has 0 saturated heterocycles. The summed E-state index contributed by atoms with van der Waals surface area (Å²) in [5.74, 6) is 2.42. The fourth-order valence-electron chi connectivity index (χ4n) is 3.51. The standard InChI is InChI=1S/C25H24BrNO3/c1-28-23-15-20(16-24(17-23)29-2)18-4-7-22(8-5-18)30-13-3-11-27-12-10-19-14-21(26)6-9-25(19)27/h4-10,12,14-17H,3,11,13H2,1-2H3. The minimum Gasteiger partial charge on any atom is -0.497 e. The molecule has 0 atom stereocenters. The van der Waals surface area contributed by atoms with Crippen molar-refractivity contribution >= 4 is 26.8 Å². The van der Waals surface area contributed by atoms with Crippen molar-refractivity contribution < 1.29 is 14.2 Å². The number of nitrogens with zero attached hydrogens (tertiary/aromatic N) is 1. The highest BCUT2D eigenvalue weighted by atomic mass is 79.9. The molecular formula is C25H24BrNO3. The summed E-state index contributed by atoms with van der Waals surface area (Å²) < 4.78 is 20.0. The van der Waals surface area contributed by atoms with Crippen LogP contribution < -0.4 is 14.2 Å². The average Bonchev–Trinajstić information content (AvgIpc) is 3.18. The lowest BCUT2D eigenvalue weighted by Crippen LogP contribution is -2.03. The molecule has 4 aromatic rings. The Kier molecular flexibility index (Phi) is 6.29. The summed E-state index contributed by atoms with van der Waals surface area (Å²) in [5.41, 5.74) is 3.38. The maximum atomic E-state index is 5.95. The summed E-state index contributed by atoms with van der Waals surface area (Å²) in [6.45, 7) is 1.59. The van der Waals surface area contributed by atoms with E-state index in [4.69, 9.17) is 14.2 Å². The Bertz CT molecular complexity index is 1110. The second-order valence-electron chi connectivity index (χ2n) is 7.04. The highest BCUT2D eigenvalue weighted by Gasteiger charge is 2.05. The normalized spacial score (nSPS) is 10.9. The first-order valence-corrected chi connectivity index (χ1v) is 10.7. The van der Waals surface area contributed by atoms with E-state index in [-0.39, 0.29) is 0 Å². The van der Waals surface area contributed by atoms with Crippen molar-refractivity contribution in [3.63, 3.8) is 0 Å². The maximum absolute atomic E-state index is 5.95. The molecule has 5 heteroatoms. The predicted molar refractivity (Wildman–Crippen MR) is 125 cm³/mol. The summed E-state index contributed by atoms with van der Waals surface area (Å²) in [5, 5.41) is 1.25. The number of halogens is 1. The fraction of sp³-hybridized carbons (Fsp3) is 0.200. The number of aryl methyl sites for hydroxylation is 1. The smallest absolute Gasteiger partial charge is 0.123 e. The molecule has 0 fully saturated rings. The van der Waals surface area contributed by atoms with Gasteiger partial charge in [-0.05, 0) is 66.1 Å². The van der Waals surface area contributed by atoms with Crippen LogP contribution in [0.5, 0.6) is 17.2 Å². The molecule has 3 aromatic carbocycles. The van der Waals surface area contributed by atoms with Crippen LogP contribution >= 0.6 is 15.9 Å². The molecule has 30 heavy (non-hydrogen) atoms. The van der Waals surface area contributed by atoms with Gasteiger partial charge in [0.2, 0.25) is 0 Å². The first kappa shape index (κ1) is 20.4. The molecule has 0 unspecified atom stereocenters.